The van der Waals surface area contributed by atoms with E-state index in [1.807, 2.05) is 0 Å². The molecule has 3 nitrogen and oxygen atoms in total. The summed E-state index contributed by atoms with van der Waals surface area (Å²) in [6.45, 7) is 10.5. The minimum Gasteiger partial charge on any atom is -0.390 e. The SMILES string of the molecule is C=CCC(O)C(O)C(O)(CC=C)CC=C. The molecule has 0 saturated heterocycles. The third kappa shape index (κ3) is 4.00. The molecule has 2 unspecified atom stereocenters. The highest BCUT2D eigenvalue weighted by Gasteiger charge is 2.37. The van der Waals surface area contributed by atoms with E-state index >= 15 is 0 Å². The summed E-state index contributed by atoms with van der Waals surface area (Å²) >= 11 is 0. The van der Waals surface area contributed by atoms with Crippen LogP contribution in [0.4, 0.5) is 0 Å². The van der Waals surface area contributed by atoms with Gasteiger partial charge in [0.2, 0.25) is 0 Å². The molecule has 0 aliphatic carbocycles. The summed E-state index contributed by atoms with van der Waals surface area (Å²) in [7, 11) is 0. The molecule has 0 bridgehead atoms. The van der Waals surface area contributed by atoms with E-state index in [9.17, 15) is 15.3 Å². The number of rotatable bonds is 8. The number of aliphatic hydroxyl groups is 3. The maximum absolute atomic E-state index is 10.1. The van der Waals surface area contributed by atoms with Crippen LogP contribution < -0.4 is 0 Å². The van der Waals surface area contributed by atoms with Crippen molar-refractivity contribution < 1.29 is 15.3 Å². The van der Waals surface area contributed by atoms with Gasteiger partial charge in [-0.1, -0.05) is 18.2 Å². The highest BCUT2D eigenvalue weighted by Crippen LogP contribution is 2.24. The molecular weight excluding hydrogens is 192 g/mol. The molecule has 0 aromatic carbocycles. The summed E-state index contributed by atoms with van der Waals surface area (Å²) in [5.41, 5.74) is -1.40. The molecule has 0 rings (SSSR count). The molecular formula is C12H20O3. The summed E-state index contributed by atoms with van der Waals surface area (Å²) in [5, 5.41) is 29.4. The largest absolute Gasteiger partial charge is 0.390 e. The first kappa shape index (κ1) is 14.1. The molecule has 0 aromatic heterocycles. The number of aliphatic hydroxyl groups excluding tert-OH is 2. The van der Waals surface area contributed by atoms with Gasteiger partial charge in [-0.3, -0.25) is 0 Å². The molecule has 0 aliphatic heterocycles. The first-order valence-corrected chi connectivity index (χ1v) is 4.93. The van der Waals surface area contributed by atoms with Crippen LogP contribution in [0.25, 0.3) is 0 Å². The van der Waals surface area contributed by atoms with Crippen molar-refractivity contribution in [2.45, 2.75) is 37.1 Å². The van der Waals surface area contributed by atoms with E-state index in [0.717, 1.165) is 0 Å². The van der Waals surface area contributed by atoms with E-state index in [0.29, 0.717) is 0 Å². The minimum atomic E-state index is -1.40. The van der Waals surface area contributed by atoms with Crippen LogP contribution in [0, 0.1) is 0 Å². The molecule has 3 N–H and O–H groups in total. The molecule has 2 atom stereocenters. The van der Waals surface area contributed by atoms with E-state index in [2.05, 4.69) is 19.7 Å². The zero-order valence-corrected chi connectivity index (χ0v) is 8.97. The quantitative estimate of drug-likeness (QED) is 0.529. The van der Waals surface area contributed by atoms with E-state index in [1.54, 1.807) is 0 Å². The van der Waals surface area contributed by atoms with Crippen molar-refractivity contribution in [3.63, 3.8) is 0 Å². The van der Waals surface area contributed by atoms with Crippen molar-refractivity contribution in [2.24, 2.45) is 0 Å². The van der Waals surface area contributed by atoms with Gasteiger partial charge in [-0.25, -0.2) is 0 Å². The highest BCUT2D eigenvalue weighted by molar-refractivity contribution is 5.00. The van der Waals surface area contributed by atoms with E-state index in [1.165, 1.54) is 18.2 Å². The summed E-state index contributed by atoms with van der Waals surface area (Å²) < 4.78 is 0. The second-order valence-electron chi connectivity index (χ2n) is 3.63. The van der Waals surface area contributed by atoms with Crippen LogP contribution in [0.2, 0.25) is 0 Å². The Morgan fingerprint density at radius 2 is 1.47 bits per heavy atom. The van der Waals surface area contributed by atoms with E-state index < -0.39 is 17.8 Å². The standard InChI is InChI=1S/C12H20O3/c1-4-7-10(13)11(14)12(15,8-5-2)9-6-3/h4-6,10-11,13-15H,1-3,7-9H2. The maximum atomic E-state index is 10.1. The zero-order valence-electron chi connectivity index (χ0n) is 8.97. The topological polar surface area (TPSA) is 60.7 Å². The van der Waals surface area contributed by atoms with Crippen molar-refractivity contribution in [1.29, 1.82) is 0 Å². The second-order valence-corrected chi connectivity index (χ2v) is 3.63. The van der Waals surface area contributed by atoms with Gasteiger partial charge in [0.05, 0.1) is 11.7 Å². The Hall–Kier alpha value is -0.900. The van der Waals surface area contributed by atoms with Crippen molar-refractivity contribution in [1.82, 2.24) is 0 Å². The summed E-state index contributed by atoms with van der Waals surface area (Å²) in [6.07, 6.45) is 2.90. The van der Waals surface area contributed by atoms with Gasteiger partial charge in [-0.15, -0.1) is 19.7 Å². The number of hydrogen-bond acceptors (Lipinski definition) is 3. The lowest BCUT2D eigenvalue weighted by atomic mass is 9.85. The van der Waals surface area contributed by atoms with Crippen LogP contribution in [0.1, 0.15) is 19.3 Å². The normalized spacial score (nSPS) is 15.4. The Morgan fingerprint density at radius 1 is 1.00 bits per heavy atom. The van der Waals surface area contributed by atoms with Crippen LogP contribution in [0.15, 0.2) is 38.0 Å². The van der Waals surface area contributed by atoms with Gasteiger partial charge < -0.3 is 15.3 Å². The molecule has 0 fully saturated rings. The van der Waals surface area contributed by atoms with Crippen molar-refractivity contribution >= 4 is 0 Å². The summed E-state index contributed by atoms with van der Waals surface area (Å²) in [4.78, 5) is 0. The highest BCUT2D eigenvalue weighted by atomic mass is 16.4. The van der Waals surface area contributed by atoms with Crippen LogP contribution >= 0.6 is 0 Å². The fourth-order valence-corrected chi connectivity index (χ4v) is 1.48. The molecule has 15 heavy (non-hydrogen) atoms. The summed E-state index contributed by atoms with van der Waals surface area (Å²) in [5.74, 6) is 0. The smallest absolute Gasteiger partial charge is 0.109 e. The Balaban J connectivity index is 4.64. The Morgan fingerprint density at radius 3 is 1.80 bits per heavy atom. The minimum absolute atomic E-state index is 0.203. The van der Waals surface area contributed by atoms with Crippen LogP contribution in [0.3, 0.4) is 0 Å². The predicted octanol–water partition coefficient (Wildman–Crippen LogP) is 1.17. The average Bonchev–Trinajstić information content (AvgIpc) is 2.17. The van der Waals surface area contributed by atoms with Crippen LogP contribution in [-0.2, 0) is 0 Å². The molecule has 0 saturated carbocycles. The molecule has 0 amide bonds. The molecule has 86 valence electrons. The Kier molecular flexibility index (Phi) is 6.17. The van der Waals surface area contributed by atoms with Crippen molar-refractivity contribution in [2.75, 3.05) is 0 Å². The fraction of sp³-hybridized carbons (Fsp3) is 0.500. The molecule has 0 heterocycles. The first-order chi connectivity index (χ1) is 7.01. The third-order valence-corrected chi connectivity index (χ3v) is 2.32. The molecule has 0 aromatic rings. The zero-order chi connectivity index (χ0) is 11.9. The van der Waals surface area contributed by atoms with E-state index in [4.69, 9.17) is 0 Å². The lowest BCUT2D eigenvalue weighted by Gasteiger charge is -2.33. The number of hydrogen-bond donors (Lipinski definition) is 3. The molecule has 0 spiro atoms. The lowest BCUT2D eigenvalue weighted by Crippen LogP contribution is -2.48. The maximum Gasteiger partial charge on any atom is 0.109 e. The van der Waals surface area contributed by atoms with E-state index in [-0.39, 0.29) is 19.3 Å². The van der Waals surface area contributed by atoms with Crippen molar-refractivity contribution in [3.8, 4) is 0 Å². The van der Waals surface area contributed by atoms with Gasteiger partial charge in [0.15, 0.2) is 0 Å². The van der Waals surface area contributed by atoms with Gasteiger partial charge in [0, 0.05) is 0 Å². The summed E-state index contributed by atoms with van der Waals surface area (Å²) in [6, 6.07) is 0. The monoisotopic (exact) mass is 212 g/mol. The fourth-order valence-electron chi connectivity index (χ4n) is 1.48. The Labute approximate surface area is 91.1 Å². The van der Waals surface area contributed by atoms with Gasteiger partial charge in [0.25, 0.3) is 0 Å². The average molecular weight is 212 g/mol. The van der Waals surface area contributed by atoms with Gasteiger partial charge in [-0.05, 0) is 19.3 Å². The first-order valence-electron chi connectivity index (χ1n) is 4.93. The third-order valence-electron chi connectivity index (χ3n) is 2.32. The van der Waals surface area contributed by atoms with Gasteiger partial charge in [-0.2, -0.15) is 0 Å². The van der Waals surface area contributed by atoms with Crippen LogP contribution in [-0.4, -0.2) is 33.1 Å². The Bertz CT molecular complexity index is 213. The second kappa shape index (κ2) is 6.56. The van der Waals surface area contributed by atoms with Gasteiger partial charge in [0.1, 0.15) is 6.10 Å². The van der Waals surface area contributed by atoms with Gasteiger partial charge >= 0.3 is 0 Å². The molecule has 3 heteroatoms. The lowest BCUT2D eigenvalue weighted by molar-refractivity contribution is -0.121. The van der Waals surface area contributed by atoms with Crippen LogP contribution in [0.5, 0.6) is 0 Å². The molecule has 0 aliphatic rings. The molecule has 0 radical (unpaired) electrons. The van der Waals surface area contributed by atoms with Crippen molar-refractivity contribution in [3.05, 3.63) is 38.0 Å². The predicted molar refractivity (Wildman–Crippen MR) is 61.4 cm³/mol.